The summed E-state index contributed by atoms with van der Waals surface area (Å²) in [5.41, 5.74) is 0.653. The predicted molar refractivity (Wildman–Crippen MR) is 125 cm³/mol. The molecule has 1 atom stereocenters. The van der Waals surface area contributed by atoms with Gasteiger partial charge in [-0.15, -0.1) is 35.3 Å². The standard InChI is InChI=1S/C20H26F2N4OS.HI/c1-23-20(24-13-15-7-2-3-8-17(15)27-19(21)22)25-14-16(18-9-6-12-28-18)26-10-4-5-11-26;/h2-3,6-9,12,16,19H,4-5,10-11,13-14H2,1H3,(H2,23,24,25);1H. The zero-order chi connectivity index (χ0) is 19.8. The normalized spacial score (nSPS) is 15.8. The minimum Gasteiger partial charge on any atom is -0.434 e. The van der Waals surface area contributed by atoms with Crippen molar-refractivity contribution in [2.45, 2.75) is 32.0 Å². The number of guanidine groups is 1. The largest absolute Gasteiger partial charge is 0.434 e. The molecular weight excluding hydrogens is 509 g/mol. The molecule has 1 aromatic carbocycles. The van der Waals surface area contributed by atoms with Crippen molar-refractivity contribution in [3.8, 4) is 5.75 Å². The van der Waals surface area contributed by atoms with Gasteiger partial charge in [0.1, 0.15) is 5.75 Å². The van der Waals surface area contributed by atoms with Crippen molar-refractivity contribution in [3.05, 3.63) is 52.2 Å². The van der Waals surface area contributed by atoms with Crippen molar-refractivity contribution < 1.29 is 13.5 Å². The second-order valence-electron chi connectivity index (χ2n) is 6.57. The number of alkyl halides is 2. The monoisotopic (exact) mass is 536 g/mol. The van der Waals surface area contributed by atoms with Crippen LogP contribution < -0.4 is 15.4 Å². The fraction of sp³-hybridized carbons (Fsp3) is 0.450. The fourth-order valence-corrected chi connectivity index (χ4v) is 4.26. The van der Waals surface area contributed by atoms with Crippen LogP contribution >= 0.6 is 35.3 Å². The van der Waals surface area contributed by atoms with Gasteiger partial charge in [0, 0.05) is 30.6 Å². The molecule has 0 saturated carbocycles. The zero-order valence-electron chi connectivity index (χ0n) is 16.3. The average Bonchev–Trinajstić information content (AvgIpc) is 3.40. The van der Waals surface area contributed by atoms with E-state index >= 15 is 0 Å². The molecule has 0 bridgehead atoms. The van der Waals surface area contributed by atoms with Crippen LogP contribution in [0.2, 0.25) is 0 Å². The second-order valence-corrected chi connectivity index (χ2v) is 7.55. The first-order valence-electron chi connectivity index (χ1n) is 9.42. The number of halogens is 3. The Balaban J connectivity index is 0.00000300. The highest BCUT2D eigenvalue weighted by atomic mass is 127. The molecule has 2 aromatic rings. The van der Waals surface area contributed by atoms with Crippen LogP contribution in [-0.2, 0) is 6.54 Å². The van der Waals surface area contributed by atoms with Gasteiger partial charge in [0.2, 0.25) is 0 Å². The van der Waals surface area contributed by atoms with E-state index in [4.69, 9.17) is 0 Å². The summed E-state index contributed by atoms with van der Waals surface area (Å²) in [6, 6.07) is 11.3. The summed E-state index contributed by atoms with van der Waals surface area (Å²) in [5, 5.41) is 8.67. The van der Waals surface area contributed by atoms with E-state index in [2.05, 4.69) is 42.8 Å². The minimum absolute atomic E-state index is 0. The molecule has 1 saturated heterocycles. The summed E-state index contributed by atoms with van der Waals surface area (Å²) in [5.74, 6) is 0.807. The number of para-hydroxylation sites is 1. The first-order chi connectivity index (χ1) is 13.7. The van der Waals surface area contributed by atoms with Crippen LogP contribution in [0.15, 0.2) is 46.8 Å². The minimum atomic E-state index is -2.84. The van der Waals surface area contributed by atoms with E-state index in [0.717, 1.165) is 19.6 Å². The van der Waals surface area contributed by atoms with Crippen LogP contribution in [0.5, 0.6) is 5.75 Å². The van der Waals surface area contributed by atoms with Crippen molar-refractivity contribution in [1.29, 1.82) is 0 Å². The van der Waals surface area contributed by atoms with Gasteiger partial charge >= 0.3 is 6.61 Å². The topological polar surface area (TPSA) is 48.9 Å². The lowest BCUT2D eigenvalue weighted by molar-refractivity contribution is -0.0504. The molecule has 9 heteroatoms. The van der Waals surface area contributed by atoms with Gasteiger partial charge in [0.25, 0.3) is 0 Å². The highest BCUT2D eigenvalue weighted by Crippen LogP contribution is 2.27. The summed E-state index contributed by atoms with van der Waals surface area (Å²) in [4.78, 5) is 8.10. The number of nitrogens with zero attached hydrogens (tertiary/aromatic N) is 2. The number of nitrogens with one attached hydrogen (secondary N) is 2. The molecule has 0 amide bonds. The van der Waals surface area contributed by atoms with Gasteiger partial charge in [-0.05, 0) is 43.4 Å². The van der Waals surface area contributed by atoms with E-state index in [1.807, 2.05) is 0 Å². The van der Waals surface area contributed by atoms with E-state index in [9.17, 15) is 8.78 Å². The van der Waals surface area contributed by atoms with Gasteiger partial charge in [0.15, 0.2) is 5.96 Å². The molecule has 0 aliphatic carbocycles. The van der Waals surface area contributed by atoms with E-state index in [1.54, 1.807) is 42.6 Å². The third-order valence-corrected chi connectivity index (χ3v) is 5.75. The molecule has 29 heavy (non-hydrogen) atoms. The molecule has 2 N–H and O–H groups in total. The third-order valence-electron chi connectivity index (χ3n) is 4.77. The maximum absolute atomic E-state index is 12.6. The number of hydrogen-bond donors (Lipinski definition) is 2. The van der Waals surface area contributed by atoms with Crippen molar-refractivity contribution >= 4 is 41.3 Å². The molecule has 1 aliphatic heterocycles. The van der Waals surface area contributed by atoms with Crippen LogP contribution in [-0.4, -0.2) is 44.2 Å². The summed E-state index contributed by atoms with van der Waals surface area (Å²) in [6.07, 6.45) is 2.46. The molecule has 0 radical (unpaired) electrons. The van der Waals surface area contributed by atoms with E-state index in [1.165, 1.54) is 17.7 Å². The molecule has 5 nitrogen and oxygen atoms in total. The molecule has 1 aliphatic rings. The van der Waals surface area contributed by atoms with Crippen molar-refractivity contribution in [1.82, 2.24) is 15.5 Å². The summed E-state index contributed by atoms with van der Waals surface area (Å²) >= 11 is 1.77. The molecule has 0 spiro atoms. The Morgan fingerprint density at radius 3 is 2.59 bits per heavy atom. The first kappa shape index (κ1) is 23.8. The van der Waals surface area contributed by atoms with Gasteiger partial charge < -0.3 is 15.4 Å². The highest BCUT2D eigenvalue weighted by Gasteiger charge is 2.24. The van der Waals surface area contributed by atoms with Crippen LogP contribution in [0.3, 0.4) is 0 Å². The van der Waals surface area contributed by atoms with E-state index in [0.29, 0.717) is 24.1 Å². The smallest absolute Gasteiger partial charge is 0.387 e. The summed E-state index contributed by atoms with van der Waals surface area (Å²) < 4.78 is 29.7. The third kappa shape index (κ3) is 7.07. The fourth-order valence-electron chi connectivity index (χ4n) is 3.40. The number of rotatable bonds is 8. The van der Waals surface area contributed by atoms with E-state index < -0.39 is 6.61 Å². The average molecular weight is 536 g/mol. The van der Waals surface area contributed by atoms with Crippen molar-refractivity contribution in [3.63, 3.8) is 0 Å². The molecular formula is C20H27F2IN4OS. The van der Waals surface area contributed by atoms with Crippen LogP contribution in [0, 0.1) is 0 Å². The van der Waals surface area contributed by atoms with Gasteiger partial charge in [-0.1, -0.05) is 24.3 Å². The summed E-state index contributed by atoms with van der Waals surface area (Å²) in [6.45, 7) is 0.444. The molecule has 1 unspecified atom stereocenters. The summed E-state index contributed by atoms with van der Waals surface area (Å²) in [7, 11) is 1.70. The van der Waals surface area contributed by atoms with Crippen molar-refractivity contribution in [2.75, 3.05) is 26.7 Å². The SMILES string of the molecule is CN=C(NCc1ccccc1OC(F)F)NCC(c1cccs1)N1CCCC1.I. The van der Waals surface area contributed by atoms with E-state index in [-0.39, 0.29) is 29.7 Å². The Kier molecular flexibility index (Phi) is 10.1. The maximum atomic E-state index is 12.6. The lowest BCUT2D eigenvalue weighted by atomic mass is 10.2. The quantitative estimate of drug-likeness (QED) is 0.297. The molecule has 3 rings (SSSR count). The second kappa shape index (κ2) is 12.3. The highest BCUT2D eigenvalue weighted by molar-refractivity contribution is 14.0. The van der Waals surface area contributed by atoms with Crippen LogP contribution in [0.1, 0.15) is 29.3 Å². The van der Waals surface area contributed by atoms with Crippen LogP contribution in [0.4, 0.5) is 8.78 Å². The molecule has 1 aromatic heterocycles. The zero-order valence-corrected chi connectivity index (χ0v) is 19.5. The molecule has 1 fully saturated rings. The Morgan fingerprint density at radius 2 is 1.93 bits per heavy atom. The number of aliphatic imine (C=N–C) groups is 1. The van der Waals surface area contributed by atoms with Gasteiger partial charge in [0.05, 0.1) is 6.04 Å². The van der Waals surface area contributed by atoms with Crippen LogP contribution in [0.25, 0.3) is 0 Å². The molecule has 2 heterocycles. The first-order valence-corrected chi connectivity index (χ1v) is 10.3. The maximum Gasteiger partial charge on any atom is 0.387 e. The Bertz CT molecular complexity index is 755. The van der Waals surface area contributed by atoms with Crippen molar-refractivity contribution in [2.24, 2.45) is 4.99 Å². The number of hydrogen-bond acceptors (Lipinski definition) is 4. The predicted octanol–water partition coefficient (Wildman–Crippen LogP) is 4.47. The Labute approximate surface area is 191 Å². The molecule has 160 valence electrons. The Morgan fingerprint density at radius 1 is 1.17 bits per heavy atom. The number of ether oxygens (including phenoxy) is 1. The van der Waals surface area contributed by atoms with Gasteiger partial charge in [-0.3, -0.25) is 9.89 Å². The lowest BCUT2D eigenvalue weighted by Crippen LogP contribution is -2.42. The number of benzene rings is 1. The lowest BCUT2D eigenvalue weighted by Gasteiger charge is -2.27. The Hall–Kier alpha value is -1.46. The number of likely N-dealkylation sites (tertiary alicyclic amines) is 1. The van der Waals surface area contributed by atoms with Gasteiger partial charge in [-0.25, -0.2) is 0 Å². The van der Waals surface area contributed by atoms with Gasteiger partial charge in [-0.2, -0.15) is 8.78 Å². The number of thiophene rings is 1.